The maximum Gasteiger partial charge on any atom is 0.416 e. The molecule has 3 nitrogen and oxygen atoms in total. The first-order chi connectivity index (χ1) is 11.3. The molecule has 0 amide bonds. The smallest absolute Gasteiger partial charge is 0.416 e. The summed E-state index contributed by atoms with van der Waals surface area (Å²) in [5, 5.41) is 0. The largest absolute Gasteiger partial charge is 0.497 e. The molecule has 0 unspecified atom stereocenters. The van der Waals surface area contributed by atoms with Gasteiger partial charge in [-0.05, 0) is 35.9 Å². The van der Waals surface area contributed by atoms with Crippen molar-refractivity contribution in [3.8, 4) is 11.5 Å². The third-order valence-corrected chi connectivity index (χ3v) is 3.32. The number of benzene rings is 2. The van der Waals surface area contributed by atoms with Crippen molar-refractivity contribution >= 4 is 11.9 Å². The van der Waals surface area contributed by atoms with E-state index < -0.39 is 11.7 Å². The summed E-state index contributed by atoms with van der Waals surface area (Å²) in [6, 6.07) is 9.45. The molecule has 0 saturated carbocycles. The summed E-state index contributed by atoms with van der Waals surface area (Å²) in [5.41, 5.74) is -0.189. The molecule has 24 heavy (non-hydrogen) atoms. The second-order valence-electron chi connectivity index (χ2n) is 4.89. The molecule has 0 N–H and O–H groups in total. The summed E-state index contributed by atoms with van der Waals surface area (Å²) in [7, 11) is 2.91. The van der Waals surface area contributed by atoms with E-state index in [1.807, 2.05) is 0 Å². The number of ether oxygens (including phenoxy) is 2. The van der Waals surface area contributed by atoms with Crippen molar-refractivity contribution in [2.75, 3.05) is 14.2 Å². The predicted octanol–water partition coefficient (Wildman–Crippen LogP) is 4.62. The molecule has 2 rings (SSSR count). The highest BCUT2D eigenvalue weighted by Gasteiger charge is 2.30. The van der Waals surface area contributed by atoms with Gasteiger partial charge in [-0.1, -0.05) is 18.2 Å². The van der Waals surface area contributed by atoms with E-state index in [1.54, 1.807) is 12.1 Å². The quantitative estimate of drug-likeness (QED) is 0.590. The maximum atomic E-state index is 12.7. The lowest BCUT2D eigenvalue weighted by Crippen LogP contribution is -2.04. The Morgan fingerprint density at radius 2 is 1.79 bits per heavy atom. The molecule has 0 heterocycles. The van der Waals surface area contributed by atoms with E-state index in [9.17, 15) is 18.0 Å². The Balaban J connectivity index is 2.25. The second-order valence-corrected chi connectivity index (χ2v) is 4.89. The lowest BCUT2D eigenvalue weighted by atomic mass is 10.1. The van der Waals surface area contributed by atoms with Crippen LogP contribution in [0.3, 0.4) is 0 Å². The summed E-state index contributed by atoms with van der Waals surface area (Å²) < 4.78 is 48.2. The van der Waals surface area contributed by atoms with Crippen LogP contribution in [0, 0.1) is 0 Å². The maximum absolute atomic E-state index is 12.7. The third kappa shape index (κ3) is 4.16. The van der Waals surface area contributed by atoms with Gasteiger partial charge in [0.25, 0.3) is 0 Å². The standard InChI is InChI=1S/C18H15F3O3/c1-23-14-7-8-15(17(11-14)24-2)16(22)9-6-12-4-3-5-13(10-12)18(19,20)21/h3-11H,1-2H3. The fourth-order valence-corrected chi connectivity index (χ4v) is 2.08. The average Bonchev–Trinajstić information content (AvgIpc) is 2.58. The Morgan fingerprint density at radius 1 is 1.04 bits per heavy atom. The van der Waals surface area contributed by atoms with Gasteiger partial charge in [0, 0.05) is 6.07 Å². The van der Waals surface area contributed by atoms with Crippen molar-refractivity contribution in [2.24, 2.45) is 0 Å². The van der Waals surface area contributed by atoms with Crippen LogP contribution in [0.2, 0.25) is 0 Å². The fourth-order valence-electron chi connectivity index (χ4n) is 2.08. The van der Waals surface area contributed by atoms with Crippen molar-refractivity contribution in [1.82, 2.24) is 0 Å². The molecule has 0 radical (unpaired) electrons. The van der Waals surface area contributed by atoms with Crippen molar-refractivity contribution in [1.29, 1.82) is 0 Å². The van der Waals surface area contributed by atoms with E-state index in [0.717, 1.165) is 12.1 Å². The van der Waals surface area contributed by atoms with E-state index in [1.165, 1.54) is 44.6 Å². The van der Waals surface area contributed by atoms with Gasteiger partial charge in [-0.25, -0.2) is 0 Å². The summed E-state index contributed by atoms with van der Waals surface area (Å²) in [6.45, 7) is 0. The molecule has 0 aliphatic heterocycles. The number of methoxy groups -OCH3 is 2. The Hall–Kier alpha value is -2.76. The van der Waals surface area contributed by atoms with Crippen molar-refractivity contribution in [3.63, 3.8) is 0 Å². The van der Waals surface area contributed by atoms with Crippen molar-refractivity contribution in [2.45, 2.75) is 6.18 Å². The molecule has 126 valence electrons. The number of ketones is 1. The Bertz CT molecular complexity index is 764. The Labute approximate surface area is 137 Å². The minimum absolute atomic E-state index is 0.283. The number of alkyl halides is 3. The van der Waals surface area contributed by atoms with E-state index >= 15 is 0 Å². The van der Waals surface area contributed by atoms with E-state index in [2.05, 4.69) is 0 Å². The molecule has 0 bridgehead atoms. The van der Waals surface area contributed by atoms with Crippen LogP contribution in [-0.4, -0.2) is 20.0 Å². The minimum Gasteiger partial charge on any atom is -0.497 e. The van der Waals surface area contributed by atoms with E-state index in [0.29, 0.717) is 17.1 Å². The lowest BCUT2D eigenvalue weighted by molar-refractivity contribution is -0.137. The van der Waals surface area contributed by atoms with Crippen LogP contribution < -0.4 is 9.47 Å². The molecule has 0 saturated heterocycles. The molecule has 0 spiro atoms. The van der Waals surface area contributed by atoms with Gasteiger partial charge in [0.1, 0.15) is 11.5 Å². The average molecular weight is 336 g/mol. The SMILES string of the molecule is COc1ccc(C(=O)C=Cc2cccc(C(F)(F)F)c2)c(OC)c1. The second kappa shape index (κ2) is 7.21. The first-order valence-corrected chi connectivity index (χ1v) is 6.97. The van der Waals surface area contributed by atoms with Gasteiger partial charge in [0.15, 0.2) is 5.78 Å². The molecular formula is C18H15F3O3. The number of hydrogen-bond acceptors (Lipinski definition) is 3. The Morgan fingerprint density at radius 3 is 2.42 bits per heavy atom. The fraction of sp³-hybridized carbons (Fsp3) is 0.167. The zero-order valence-corrected chi connectivity index (χ0v) is 13.1. The number of rotatable bonds is 5. The molecule has 2 aromatic rings. The highest BCUT2D eigenvalue weighted by Crippen LogP contribution is 2.30. The summed E-state index contributed by atoms with van der Waals surface area (Å²) >= 11 is 0. The monoisotopic (exact) mass is 336 g/mol. The number of allylic oxidation sites excluding steroid dienone is 1. The molecule has 6 heteroatoms. The van der Waals surface area contributed by atoms with Crippen molar-refractivity contribution in [3.05, 3.63) is 65.2 Å². The predicted molar refractivity (Wildman–Crippen MR) is 84.4 cm³/mol. The normalized spacial score (nSPS) is 11.5. The lowest BCUT2D eigenvalue weighted by Gasteiger charge is -2.08. The number of hydrogen-bond donors (Lipinski definition) is 0. The first-order valence-electron chi connectivity index (χ1n) is 6.97. The van der Waals surface area contributed by atoms with Gasteiger partial charge in [-0.3, -0.25) is 4.79 Å². The molecule has 0 aliphatic carbocycles. The Kier molecular flexibility index (Phi) is 5.28. The van der Waals surface area contributed by atoms with Crippen LogP contribution in [0.4, 0.5) is 13.2 Å². The van der Waals surface area contributed by atoms with Gasteiger partial charge >= 0.3 is 6.18 Å². The zero-order chi connectivity index (χ0) is 17.7. The summed E-state index contributed by atoms with van der Waals surface area (Å²) in [6.07, 6.45) is -1.88. The first kappa shape index (κ1) is 17.6. The summed E-state index contributed by atoms with van der Waals surface area (Å²) in [4.78, 5) is 12.2. The molecule has 0 aliphatic rings. The molecule has 0 fully saturated rings. The van der Waals surface area contributed by atoms with Crippen molar-refractivity contribution < 1.29 is 27.4 Å². The highest BCUT2D eigenvalue weighted by atomic mass is 19.4. The number of carbonyl (C=O) groups excluding carboxylic acids is 1. The van der Waals surface area contributed by atoms with Gasteiger partial charge in [0.2, 0.25) is 0 Å². The van der Waals surface area contributed by atoms with Crippen LogP contribution >= 0.6 is 0 Å². The third-order valence-electron chi connectivity index (χ3n) is 3.32. The highest BCUT2D eigenvalue weighted by molar-refractivity contribution is 6.08. The van der Waals surface area contributed by atoms with E-state index in [-0.39, 0.29) is 11.3 Å². The van der Waals surface area contributed by atoms with E-state index in [4.69, 9.17) is 9.47 Å². The van der Waals surface area contributed by atoms with Gasteiger partial charge in [0.05, 0.1) is 25.3 Å². The molecule has 0 atom stereocenters. The van der Waals surface area contributed by atoms with Crippen LogP contribution in [-0.2, 0) is 6.18 Å². The van der Waals surface area contributed by atoms with Gasteiger partial charge < -0.3 is 9.47 Å². The van der Waals surface area contributed by atoms with Crippen LogP contribution in [0.5, 0.6) is 11.5 Å². The van der Waals surface area contributed by atoms with Gasteiger partial charge in [-0.15, -0.1) is 0 Å². The van der Waals surface area contributed by atoms with Crippen LogP contribution in [0.15, 0.2) is 48.5 Å². The number of carbonyl (C=O) groups is 1. The zero-order valence-electron chi connectivity index (χ0n) is 13.1. The summed E-state index contributed by atoms with van der Waals surface area (Å²) in [5.74, 6) is 0.477. The molecular weight excluding hydrogens is 321 g/mol. The molecule has 0 aromatic heterocycles. The minimum atomic E-state index is -4.42. The van der Waals surface area contributed by atoms with Crippen LogP contribution in [0.25, 0.3) is 6.08 Å². The topological polar surface area (TPSA) is 35.5 Å². The molecule has 2 aromatic carbocycles. The van der Waals surface area contributed by atoms with Gasteiger partial charge in [-0.2, -0.15) is 13.2 Å². The number of halogens is 3. The van der Waals surface area contributed by atoms with Crippen LogP contribution in [0.1, 0.15) is 21.5 Å².